The molecule has 4 heteroatoms. The average molecular weight is 276 g/mol. The molecule has 1 saturated heterocycles. The lowest BCUT2D eigenvalue weighted by atomic mass is 10.1. The lowest BCUT2D eigenvalue weighted by Gasteiger charge is -2.17. The number of hydrogen-bond donors (Lipinski definition) is 2. The van der Waals surface area contributed by atoms with Crippen molar-refractivity contribution in [2.24, 2.45) is 0 Å². The van der Waals surface area contributed by atoms with Gasteiger partial charge in [-0.1, -0.05) is 30.3 Å². The van der Waals surface area contributed by atoms with E-state index < -0.39 is 0 Å². The monoisotopic (exact) mass is 276 g/mol. The van der Waals surface area contributed by atoms with Crippen LogP contribution in [0.3, 0.4) is 0 Å². The summed E-state index contributed by atoms with van der Waals surface area (Å²) in [4.78, 5) is 12.1. The molecule has 0 radical (unpaired) electrons. The van der Waals surface area contributed by atoms with E-state index in [9.17, 15) is 4.79 Å². The minimum absolute atomic E-state index is 0.0881. The van der Waals surface area contributed by atoms with E-state index >= 15 is 0 Å². The standard InChI is InChI=1S/C16H24N2O2/c1-12(8-9-13-6-4-3-5-7-13)18-16(19)15-10-14(20-2)11-17-15/h3-7,12,14-15,17H,8-11H2,1-2H3,(H,18,19). The molecule has 0 aliphatic carbocycles. The zero-order valence-electron chi connectivity index (χ0n) is 12.3. The molecular formula is C16H24N2O2. The van der Waals surface area contributed by atoms with Crippen molar-refractivity contribution in [2.75, 3.05) is 13.7 Å². The first-order valence-electron chi connectivity index (χ1n) is 7.29. The number of ether oxygens (including phenoxy) is 1. The summed E-state index contributed by atoms with van der Waals surface area (Å²) in [6.45, 7) is 2.82. The third-order valence-corrected chi connectivity index (χ3v) is 3.84. The van der Waals surface area contributed by atoms with Gasteiger partial charge in [0.25, 0.3) is 0 Å². The number of benzene rings is 1. The van der Waals surface area contributed by atoms with Crippen LogP contribution in [0.25, 0.3) is 0 Å². The zero-order valence-corrected chi connectivity index (χ0v) is 12.3. The Morgan fingerprint density at radius 2 is 2.20 bits per heavy atom. The van der Waals surface area contributed by atoms with Gasteiger partial charge in [-0.05, 0) is 31.7 Å². The van der Waals surface area contributed by atoms with Crippen LogP contribution in [-0.2, 0) is 16.0 Å². The summed E-state index contributed by atoms with van der Waals surface area (Å²) in [6.07, 6.45) is 2.86. The van der Waals surface area contributed by atoms with Gasteiger partial charge in [0.05, 0.1) is 12.1 Å². The van der Waals surface area contributed by atoms with Crippen molar-refractivity contribution < 1.29 is 9.53 Å². The summed E-state index contributed by atoms with van der Waals surface area (Å²) in [7, 11) is 1.69. The molecule has 20 heavy (non-hydrogen) atoms. The number of amides is 1. The molecular weight excluding hydrogens is 252 g/mol. The molecule has 4 nitrogen and oxygen atoms in total. The van der Waals surface area contributed by atoms with Crippen LogP contribution in [0.5, 0.6) is 0 Å². The summed E-state index contributed by atoms with van der Waals surface area (Å²) in [5.74, 6) is 0.0881. The van der Waals surface area contributed by atoms with Crippen LogP contribution in [0.15, 0.2) is 30.3 Å². The van der Waals surface area contributed by atoms with E-state index in [-0.39, 0.29) is 24.1 Å². The maximum absolute atomic E-state index is 12.1. The van der Waals surface area contributed by atoms with Gasteiger partial charge >= 0.3 is 0 Å². The number of methoxy groups -OCH3 is 1. The molecule has 0 aromatic heterocycles. The van der Waals surface area contributed by atoms with E-state index in [4.69, 9.17) is 4.74 Å². The fourth-order valence-corrected chi connectivity index (χ4v) is 2.53. The van der Waals surface area contributed by atoms with Gasteiger partial charge in [-0.15, -0.1) is 0 Å². The summed E-state index contributed by atoms with van der Waals surface area (Å²) in [6, 6.07) is 10.4. The second-order valence-electron chi connectivity index (χ2n) is 5.49. The Kier molecular flexibility index (Phi) is 5.56. The molecule has 3 unspecified atom stereocenters. The lowest BCUT2D eigenvalue weighted by molar-refractivity contribution is -0.123. The molecule has 1 aromatic rings. The Morgan fingerprint density at radius 3 is 2.85 bits per heavy atom. The van der Waals surface area contributed by atoms with E-state index in [0.29, 0.717) is 0 Å². The molecule has 1 aliphatic heterocycles. The van der Waals surface area contributed by atoms with Gasteiger partial charge in [0.1, 0.15) is 0 Å². The van der Waals surface area contributed by atoms with Crippen molar-refractivity contribution in [3.63, 3.8) is 0 Å². The van der Waals surface area contributed by atoms with Crippen LogP contribution in [-0.4, -0.2) is 37.7 Å². The SMILES string of the molecule is COC1CNC(C(=O)NC(C)CCc2ccccc2)C1. The summed E-state index contributed by atoms with van der Waals surface area (Å²) < 4.78 is 5.26. The normalized spacial score (nSPS) is 23.5. The summed E-state index contributed by atoms with van der Waals surface area (Å²) >= 11 is 0. The molecule has 2 rings (SSSR count). The van der Waals surface area contributed by atoms with E-state index in [1.165, 1.54) is 5.56 Å². The van der Waals surface area contributed by atoms with Gasteiger partial charge in [-0.2, -0.15) is 0 Å². The number of carbonyl (C=O) groups excluding carboxylic acids is 1. The van der Waals surface area contributed by atoms with Crippen molar-refractivity contribution in [3.05, 3.63) is 35.9 Å². The number of aryl methyl sites for hydroxylation is 1. The Balaban J connectivity index is 1.71. The smallest absolute Gasteiger partial charge is 0.237 e. The minimum atomic E-state index is -0.112. The van der Waals surface area contributed by atoms with E-state index in [1.807, 2.05) is 18.2 Å². The molecule has 0 spiro atoms. The first kappa shape index (κ1) is 15.0. The maximum Gasteiger partial charge on any atom is 0.237 e. The maximum atomic E-state index is 12.1. The molecule has 1 amide bonds. The van der Waals surface area contributed by atoms with Gasteiger partial charge in [-0.3, -0.25) is 4.79 Å². The number of hydrogen-bond acceptors (Lipinski definition) is 3. The quantitative estimate of drug-likeness (QED) is 0.828. The molecule has 2 N–H and O–H groups in total. The van der Waals surface area contributed by atoms with Gasteiger partial charge in [0, 0.05) is 19.7 Å². The fourth-order valence-electron chi connectivity index (χ4n) is 2.53. The molecule has 1 fully saturated rings. The lowest BCUT2D eigenvalue weighted by Crippen LogP contribution is -2.44. The Labute approximate surface area is 120 Å². The zero-order chi connectivity index (χ0) is 14.4. The molecule has 0 saturated carbocycles. The van der Waals surface area contributed by atoms with Gasteiger partial charge in [0.2, 0.25) is 5.91 Å². The highest BCUT2D eigenvalue weighted by atomic mass is 16.5. The Hall–Kier alpha value is -1.39. The Bertz CT molecular complexity index is 422. The van der Waals surface area contributed by atoms with E-state index in [2.05, 4.69) is 29.7 Å². The van der Waals surface area contributed by atoms with Crippen LogP contribution < -0.4 is 10.6 Å². The van der Waals surface area contributed by atoms with Crippen molar-refractivity contribution in [1.82, 2.24) is 10.6 Å². The molecule has 3 atom stereocenters. The Morgan fingerprint density at radius 1 is 1.45 bits per heavy atom. The summed E-state index contributed by atoms with van der Waals surface area (Å²) in [5.41, 5.74) is 1.31. The first-order chi connectivity index (χ1) is 9.69. The largest absolute Gasteiger partial charge is 0.380 e. The van der Waals surface area contributed by atoms with Crippen LogP contribution in [0.4, 0.5) is 0 Å². The number of nitrogens with one attached hydrogen (secondary N) is 2. The van der Waals surface area contributed by atoms with Crippen molar-refractivity contribution in [3.8, 4) is 0 Å². The highest BCUT2D eigenvalue weighted by Crippen LogP contribution is 2.10. The van der Waals surface area contributed by atoms with Crippen molar-refractivity contribution >= 4 is 5.91 Å². The van der Waals surface area contributed by atoms with Gasteiger partial charge in [-0.25, -0.2) is 0 Å². The van der Waals surface area contributed by atoms with E-state index in [1.54, 1.807) is 7.11 Å². The van der Waals surface area contributed by atoms with Crippen molar-refractivity contribution in [1.29, 1.82) is 0 Å². The number of rotatable bonds is 6. The summed E-state index contributed by atoms with van der Waals surface area (Å²) in [5, 5.41) is 6.28. The van der Waals surface area contributed by atoms with Gasteiger partial charge in [0.15, 0.2) is 0 Å². The van der Waals surface area contributed by atoms with Crippen molar-refractivity contribution in [2.45, 2.75) is 44.4 Å². The first-order valence-corrected chi connectivity index (χ1v) is 7.29. The minimum Gasteiger partial charge on any atom is -0.380 e. The highest BCUT2D eigenvalue weighted by molar-refractivity contribution is 5.82. The van der Waals surface area contributed by atoms with Crippen LogP contribution in [0.1, 0.15) is 25.3 Å². The average Bonchev–Trinajstić information content (AvgIpc) is 2.95. The predicted octanol–water partition coefficient (Wildman–Crippen LogP) is 1.50. The molecule has 110 valence electrons. The molecule has 1 aromatic carbocycles. The molecule has 1 heterocycles. The predicted molar refractivity (Wildman–Crippen MR) is 79.6 cm³/mol. The fraction of sp³-hybridized carbons (Fsp3) is 0.562. The van der Waals surface area contributed by atoms with E-state index in [0.717, 1.165) is 25.8 Å². The second kappa shape index (κ2) is 7.41. The van der Waals surface area contributed by atoms with Crippen LogP contribution in [0, 0.1) is 0 Å². The van der Waals surface area contributed by atoms with Gasteiger partial charge < -0.3 is 15.4 Å². The molecule has 0 bridgehead atoms. The third-order valence-electron chi connectivity index (χ3n) is 3.84. The number of carbonyl (C=O) groups is 1. The second-order valence-corrected chi connectivity index (χ2v) is 5.49. The highest BCUT2D eigenvalue weighted by Gasteiger charge is 2.29. The van der Waals surface area contributed by atoms with Crippen LogP contribution in [0.2, 0.25) is 0 Å². The van der Waals surface area contributed by atoms with Crippen LogP contribution >= 0.6 is 0 Å². The third kappa shape index (κ3) is 4.32. The molecule has 1 aliphatic rings. The topological polar surface area (TPSA) is 50.4 Å².